The van der Waals surface area contributed by atoms with Crippen molar-refractivity contribution in [3.8, 4) is 0 Å². The molecule has 0 bridgehead atoms. The van der Waals surface area contributed by atoms with E-state index in [1.807, 2.05) is 0 Å². The second-order valence-electron chi connectivity index (χ2n) is 5.15. The van der Waals surface area contributed by atoms with Crippen LogP contribution >= 0.6 is 0 Å². The van der Waals surface area contributed by atoms with E-state index in [2.05, 4.69) is 19.2 Å². The first-order chi connectivity index (χ1) is 7.79. The Labute approximate surface area is 98.9 Å². The lowest BCUT2D eigenvalue weighted by Gasteiger charge is -2.39. The van der Waals surface area contributed by atoms with Crippen LogP contribution in [0.15, 0.2) is 0 Å². The third-order valence-electron chi connectivity index (χ3n) is 3.97. The zero-order valence-corrected chi connectivity index (χ0v) is 10.6. The van der Waals surface area contributed by atoms with Crippen molar-refractivity contribution in [3.05, 3.63) is 0 Å². The monoisotopic (exact) mass is 227 g/mol. The zero-order valence-electron chi connectivity index (χ0n) is 10.6. The molecule has 1 aliphatic carbocycles. The fourth-order valence-corrected chi connectivity index (χ4v) is 2.80. The molecule has 16 heavy (non-hydrogen) atoms. The molecule has 0 radical (unpaired) electrons. The van der Waals surface area contributed by atoms with Crippen molar-refractivity contribution in [2.45, 2.75) is 57.7 Å². The summed E-state index contributed by atoms with van der Waals surface area (Å²) in [5.74, 6) is 0.805. The maximum absolute atomic E-state index is 5.58. The summed E-state index contributed by atoms with van der Waals surface area (Å²) >= 11 is 0. The highest BCUT2D eigenvalue weighted by atomic mass is 16.5. The lowest BCUT2D eigenvalue weighted by Crippen LogP contribution is -2.51. The summed E-state index contributed by atoms with van der Waals surface area (Å²) < 4.78 is 11.0. The summed E-state index contributed by atoms with van der Waals surface area (Å²) in [5.41, 5.74) is 0. The van der Waals surface area contributed by atoms with Crippen LogP contribution in [0.4, 0.5) is 0 Å². The Morgan fingerprint density at radius 1 is 1.31 bits per heavy atom. The van der Waals surface area contributed by atoms with E-state index in [1.165, 1.54) is 25.7 Å². The summed E-state index contributed by atoms with van der Waals surface area (Å²) in [7, 11) is 0. The molecule has 0 spiro atoms. The smallest absolute Gasteiger partial charge is 0.0604 e. The van der Waals surface area contributed by atoms with Crippen molar-refractivity contribution in [2.24, 2.45) is 5.92 Å². The minimum absolute atomic E-state index is 0.518. The molecule has 0 amide bonds. The first-order valence-corrected chi connectivity index (χ1v) is 6.75. The molecular formula is C13H25NO2. The summed E-state index contributed by atoms with van der Waals surface area (Å²) in [6, 6.07) is 1.32. The highest BCUT2D eigenvalue weighted by Crippen LogP contribution is 2.26. The first kappa shape index (κ1) is 12.3. The molecule has 3 heteroatoms. The second-order valence-corrected chi connectivity index (χ2v) is 5.15. The molecule has 1 unspecified atom stereocenters. The fourth-order valence-electron chi connectivity index (χ4n) is 2.80. The van der Waals surface area contributed by atoms with Crippen LogP contribution in [-0.4, -0.2) is 38.0 Å². The van der Waals surface area contributed by atoms with E-state index in [0.29, 0.717) is 18.2 Å². The van der Waals surface area contributed by atoms with E-state index in [-0.39, 0.29) is 0 Å². The van der Waals surface area contributed by atoms with E-state index >= 15 is 0 Å². The Morgan fingerprint density at radius 3 is 2.62 bits per heavy atom. The molecule has 1 saturated carbocycles. The topological polar surface area (TPSA) is 30.5 Å². The normalized spacial score (nSPS) is 33.4. The Bertz CT molecular complexity index is 198. The highest BCUT2D eigenvalue weighted by molar-refractivity contribution is 4.89. The van der Waals surface area contributed by atoms with Gasteiger partial charge in [0.1, 0.15) is 0 Å². The van der Waals surface area contributed by atoms with Crippen molar-refractivity contribution < 1.29 is 9.47 Å². The van der Waals surface area contributed by atoms with Crippen molar-refractivity contribution in [1.82, 2.24) is 5.32 Å². The molecule has 2 aliphatic rings. The molecule has 1 saturated heterocycles. The van der Waals surface area contributed by atoms with Crippen molar-refractivity contribution >= 4 is 0 Å². The minimum atomic E-state index is 0.518. The molecule has 0 aromatic heterocycles. The number of ether oxygens (including phenoxy) is 2. The average molecular weight is 227 g/mol. The van der Waals surface area contributed by atoms with Gasteiger partial charge in [0.25, 0.3) is 0 Å². The first-order valence-electron chi connectivity index (χ1n) is 6.75. The summed E-state index contributed by atoms with van der Waals surface area (Å²) in [4.78, 5) is 0. The number of hydrogen-bond acceptors (Lipinski definition) is 3. The van der Waals surface area contributed by atoms with Gasteiger partial charge in [-0.25, -0.2) is 0 Å². The van der Waals surface area contributed by atoms with Crippen LogP contribution in [0.1, 0.15) is 39.5 Å². The molecule has 2 fully saturated rings. The van der Waals surface area contributed by atoms with Crippen LogP contribution in [0.3, 0.4) is 0 Å². The van der Waals surface area contributed by atoms with Crippen LogP contribution in [0, 0.1) is 5.92 Å². The van der Waals surface area contributed by atoms with Crippen LogP contribution in [0.2, 0.25) is 0 Å². The molecular weight excluding hydrogens is 202 g/mol. The molecule has 1 heterocycles. The lowest BCUT2D eigenvalue weighted by molar-refractivity contribution is -0.0168. The van der Waals surface area contributed by atoms with Gasteiger partial charge in [0.2, 0.25) is 0 Å². The third-order valence-corrected chi connectivity index (χ3v) is 3.97. The second kappa shape index (κ2) is 5.99. The van der Waals surface area contributed by atoms with Gasteiger partial charge in [-0.2, -0.15) is 0 Å². The molecule has 0 aromatic rings. The maximum Gasteiger partial charge on any atom is 0.0604 e. The molecule has 94 valence electrons. The van der Waals surface area contributed by atoms with Crippen LogP contribution in [0.25, 0.3) is 0 Å². The quantitative estimate of drug-likeness (QED) is 0.779. The molecule has 3 nitrogen and oxygen atoms in total. The molecule has 2 rings (SSSR count). The van der Waals surface area contributed by atoms with Crippen molar-refractivity contribution in [1.29, 1.82) is 0 Å². The number of nitrogens with one attached hydrogen (secondary N) is 1. The summed E-state index contributed by atoms with van der Waals surface area (Å²) in [6.07, 6.45) is 5.35. The number of hydrogen-bond donors (Lipinski definition) is 1. The Kier molecular flexibility index (Phi) is 4.62. The predicted molar refractivity (Wildman–Crippen MR) is 64.6 cm³/mol. The zero-order chi connectivity index (χ0) is 11.4. The average Bonchev–Trinajstić information content (AvgIpc) is 2.27. The van der Waals surface area contributed by atoms with Gasteiger partial charge in [-0.05, 0) is 45.4 Å². The van der Waals surface area contributed by atoms with Crippen LogP contribution in [0.5, 0.6) is 0 Å². The molecule has 1 atom stereocenters. The summed E-state index contributed by atoms with van der Waals surface area (Å²) in [5, 5.41) is 3.74. The Morgan fingerprint density at radius 2 is 2.00 bits per heavy atom. The van der Waals surface area contributed by atoms with E-state index < -0.39 is 0 Å². The van der Waals surface area contributed by atoms with E-state index in [9.17, 15) is 0 Å². The van der Waals surface area contributed by atoms with E-state index in [0.717, 1.165) is 25.7 Å². The molecule has 0 aromatic carbocycles. The molecule has 1 aliphatic heterocycles. The number of rotatable bonds is 5. The molecule has 1 N–H and O–H groups in total. The predicted octanol–water partition coefficient (Wildman–Crippen LogP) is 1.96. The Balaban J connectivity index is 1.62. The van der Waals surface area contributed by atoms with E-state index in [1.54, 1.807) is 0 Å². The van der Waals surface area contributed by atoms with Crippen LogP contribution < -0.4 is 5.32 Å². The van der Waals surface area contributed by atoms with Gasteiger partial charge in [0.05, 0.1) is 6.10 Å². The van der Waals surface area contributed by atoms with E-state index in [4.69, 9.17) is 9.47 Å². The van der Waals surface area contributed by atoms with Crippen molar-refractivity contribution in [3.63, 3.8) is 0 Å². The third kappa shape index (κ3) is 3.19. The Hall–Kier alpha value is -0.120. The highest BCUT2D eigenvalue weighted by Gasteiger charge is 2.32. The lowest BCUT2D eigenvalue weighted by atomic mass is 9.86. The van der Waals surface area contributed by atoms with Crippen LogP contribution in [-0.2, 0) is 9.47 Å². The van der Waals surface area contributed by atoms with Gasteiger partial charge < -0.3 is 14.8 Å². The van der Waals surface area contributed by atoms with Gasteiger partial charge in [-0.1, -0.05) is 0 Å². The fraction of sp³-hybridized carbons (Fsp3) is 1.00. The van der Waals surface area contributed by atoms with Gasteiger partial charge in [-0.15, -0.1) is 0 Å². The van der Waals surface area contributed by atoms with Crippen molar-refractivity contribution in [2.75, 3.05) is 19.8 Å². The van der Waals surface area contributed by atoms with Gasteiger partial charge in [-0.3, -0.25) is 0 Å². The van der Waals surface area contributed by atoms with Gasteiger partial charge in [0, 0.05) is 31.9 Å². The van der Waals surface area contributed by atoms with Gasteiger partial charge >= 0.3 is 0 Å². The summed E-state index contributed by atoms with van der Waals surface area (Å²) in [6.45, 7) is 7.15. The standard InChI is InChI=1S/C13H25NO2/c1-3-16-13-8-12(9-13)14-10(2)11-4-6-15-7-5-11/h10-14H,3-9H2,1-2H3. The SMILES string of the molecule is CCOC1CC(NC(C)C2CCOCC2)C1. The maximum atomic E-state index is 5.58. The largest absolute Gasteiger partial charge is 0.381 e. The minimum Gasteiger partial charge on any atom is -0.381 e. The van der Waals surface area contributed by atoms with Gasteiger partial charge in [0.15, 0.2) is 0 Å².